The first-order valence-corrected chi connectivity index (χ1v) is 11.0. The topological polar surface area (TPSA) is 374 Å². The molecule has 22 nitrogen and oxygen atoms in total. The molecular weight excluding hydrogens is 676 g/mol. The van der Waals surface area contributed by atoms with E-state index in [-0.39, 0.29) is 161 Å². The molecule has 0 rings (SSSR count). The molecule has 0 aliphatic heterocycles. The van der Waals surface area contributed by atoms with Crippen LogP contribution in [0.4, 0.5) is 0 Å². The molecule has 0 aromatic rings. The Morgan fingerprint density at radius 2 is 0.391 bits per heavy atom. The SMILES string of the molecule is O.O.O=C(O)CN(CCN(CC(=O)O)CC(=O)O)CC(=O)O.O=C(O)CN(CCN(CC(=O)O)CC(=O)O)CC(=O)O.[H-].[H-].[H-].[H-].[Na+].[Na+].[Na+].[Na+]. The molecule has 0 heterocycles. The van der Waals surface area contributed by atoms with E-state index in [4.69, 9.17) is 40.9 Å². The van der Waals surface area contributed by atoms with Gasteiger partial charge in [0.2, 0.25) is 0 Å². The van der Waals surface area contributed by atoms with Crippen molar-refractivity contribution >= 4 is 47.8 Å². The molecule has 0 atom stereocenters. The zero-order chi connectivity index (χ0) is 31.4. The molecule has 252 valence electrons. The number of nitrogens with zero attached hydrogens (tertiary/aromatic N) is 4. The largest absolute Gasteiger partial charge is 1.00 e. The van der Waals surface area contributed by atoms with Crippen molar-refractivity contribution in [2.24, 2.45) is 0 Å². The van der Waals surface area contributed by atoms with Gasteiger partial charge in [-0.3, -0.25) is 58.0 Å². The summed E-state index contributed by atoms with van der Waals surface area (Å²) in [4.78, 5) is 88.7. The van der Waals surface area contributed by atoms with Crippen molar-refractivity contribution in [3.63, 3.8) is 0 Å². The third kappa shape index (κ3) is 45.6. The maximum absolute atomic E-state index is 10.6. The van der Waals surface area contributed by atoms with Crippen LogP contribution in [0.25, 0.3) is 0 Å². The number of carbonyl (C=O) groups is 8. The summed E-state index contributed by atoms with van der Waals surface area (Å²) in [6.45, 7) is -4.50. The van der Waals surface area contributed by atoms with Crippen molar-refractivity contribution in [2.45, 2.75) is 0 Å². The smallest absolute Gasteiger partial charge is 1.00 e. The molecule has 0 aliphatic carbocycles. The van der Waals surface area contributed by atoms with Crippen LogP contribution in [0.2, 0.25) is 0 Å². The van der Waals surface area contributed by atoms with E-state index in [1.54, 1.807) is 0 Å². The van der Waals surface area contributed by atoms with Gasteiger partial charge >= 0.3 is 166 Å². The number of rotatable bonds is 22. The van der Waals surface area contributed by atoms with Crippen LogP contribution >= 0.6 is 0 Å². The van der Waals surface area contributed by atoms with Crippen LogP contribution in [0.15, 0.2) is 0 Å². The monoisotopic (exact) mass is 716 g/mol. The van der Waals surface area contributed by atoms with Gasteiger partial charge in [-0.25, -0.2) is 0 Å². The standard InChI is InChI=1S/2C10H16N2O8.4Na.2H2O.4H/c2*13-7(14)3-11(4-8(15)16)1-2-12(5-9(17)18)6-10(19)20;;;;;;;;;;/h2*1-6H2,(H,13,14)(H,15,16)(H,17,18)(H,19,20);;;;;2*1H2;;;;/q;;4*+1;;;4*-1. The molecule has 0 saturated carbocycles. The zero-order valence-corrected chi connectivity index (χ0v) is 34.1. The van der Waals surface area contributed by atoms with E-state index in [1.807, 2.05) is 0 Å². The van der Waals surface area contributed by atoms with Gasteiger partial charge in [0.25, 0.3) is 0 Å². The average Bonchev–Trinajstić information content (AvgIpc) is 2.72. The van der Waals surface area contributed by atoms with Crippen molar-refractivity contribution in [3.05, 3.63) is 0 Å². The Kier molecular flexibility index (Phi) is 52.0. The minimum Gasteiger partial charge on any atom is -1.00 e. The van der Waals surface area contributed by atoms with Crippen LogP contribution in [0.5, 0.6) is 0 Å². The van der Waals surface area contributed by atoms with E-state index in [1.165, 1.54) is 0 Å². The molecule has 0 fully saturated rings. The van der Waals surface area contributed by atoms with Gasteiger partial charge in [0, 0.05) is 26.2 Å². The second-order valence-electron chi connectivity index (χ2n) is 7.99. The van der Waals surface area contributed by atoms with E-state index in [0.717, 1.165) is 19.6 Å². The van der Waals surface area contributed by atoms with E-state index >= 15 is 0 Å². The Labute approximate surface area is 356 Å². The van der Waals surface area contributed by atoms with Gasteiger partial charge in [-0.15, -0.1) is 0 Å². The van der Waals surface area contributed by atoms with E-state index in [9.17, 15) is 38.4 Å². The maximum atomic E-state index is 10.6. The fraction of sp³-hybridized carbons (Fsp3) is 0.600. The molecule has 0 aliphatic rings. The summed E-state index contributed by atoms with van der Waals surface area (Å²) in [5.41, 5.74) is 0. The molecule has 46 heavy (non-hydrogen) atoms. The van der Waals surface area contributed by atoms with Gasteiger partial charge in [-0.1, -0.05) is 0 Å². The van der Waals surface area contributed by atoms with Crippen LogP contribution in [0, 0.1) is 0 Å². The van der Waals surface area contributed by atoms with Crippen LogP contribution in [0.1, 0.15) is 5.71 Å². The summed E-state index contributed by atoms with van der Waals surface area (Å²) in [5.74, 6) is -9.82. The summed E-state index contributed by atoms with van der Waals surface area (Å²) < 4.78 is 0. The van der Waals surface area contributed by atoms with Gasteiger partial charge in [0.05, 0.1) is 52.4 Å². The predicted octanol–water partition coefficient (Wildman–Crippen LogP) is -17.3. The second kappa shape index (κ2) is 37.3. The number of carboxylic acid groups (broad SMARTS) is 8. The fourth-order valence-electron chi connectivity index (χ4n) is 2.95. The van der Waals surface area contributed by atoms with Crippen molar-refractivity contribution in [2.75, 3.05) is 78.5 Å². The van der Waals surface area contributed by atoms with Crippen LogP contribution < -0.4 is 118 Å². The Hall–Kier alpha value is -0.480. The number of hydrogen-bond donors (Lipinski definition) is 8. The Morgan fingerprint density at radius 3 is 0.457 bits per heavy atom. The number of carboxylic acids is 8. The first-order valence-electron chi connectivity index (χ1n) is 11.0. The molecular formula is C20H40N4Na4O18. The third-order valence-electron chi connectivity index (χ3n) is 4.34. The van der Waals surface area contributed by atoms with Gasteiger partial charge in [-0.2, -0.15) is 0 Å². The molecule has 0 bridgehead atoms. The zero-order valence-electron chi connectivity index (χ0n) is 30.1. The molecule has 12 N–H and O–H groups in total. The van der Waals surface area contributed by atoms with Crippen molar-refractivity contribution < 1.29 is 214 Å². The summed E-state index contributed by atoms with van der Waals surface area (Å²) in [6.07, 6.45) is 0. The molecule has 0 radical (unpaired) electrons. The summed E-state index contributed by atoms with van der Waals surface area (Å²) in [5, 5.41) is 68.9. The number of aliphatic carboxylic acids is 8. The Balaban J connectivity index is -0.0000000481. The summed E-state index contributed by atoms with van der Waals surface area (Å²) >= 11 is 0. The van der Waals surface area contributed by atoms with Gasteiger partial charge in [0.15, 0.2) is 0 Å². The molecule has 0 aromatic heterocycles. The summed E-state index contributed by atoms with van der Waals surface area (Å²) in [6, 6.07) is 0. The van der Waals surface area contributed by atoms with E-state index in [0.29, 0.717) is 0 Å². The van der Waals surface area contributed by atoms with Crippen LogP contribution in [0.3, 0.4) is 0 Å². The molecule has 0 amide bonds. The van der Waals surface area contributed by atoms with Gasteiger partial charge in [-0.05, 0) is 0 Å². The van der Waals surface area contributed by atoms with Crippen molar-refractivity contribution in [3.8, 4) is 0 Å². The second-order valence-corrected chi connectivity index (χ2v) is 7.99. The minimum absolute atomic E-state index is 0. The fourth-order valence-corrected chi connectivity index (χ4v) is 2.95. The van der Waals surface area contributed by atoms with E-state index in [2.05, 4.69) is 0 Å². The molecule has 26 heteroatoms. The first kappa shape index (κ1) is 64.1. The van der Waals surface area contributed by atoms with Gasteiger partial charge < -0.3 is 57.5 Å². The van der Waals surface area contributed by atoms with Crippen molar-refractivity contribution in [1.29, 1.82) is 0 Å². The molecule has 0 unspecified atom stereocenters. The number of hydrogen-bond acceptors (Lipinski definition) is 12. The quantitative estimate of drug-likeness (QED) is 0.0482. The Bertz CT molecular complexity index is 745. The molecule has 0 saturated heterocycles. The third-order valence-corrected chi connectivity index (χ3v) is 4.34. The van der Waals surface area contributed by atoms with Crippen LogP contribution in [-0.4, -0.2) is 198 Å². The maximum Gasteiger partial charge on any atom is 1.00 e. The predicted molar refractivity (Wildman–Crippen MR) is 139 cm³/mol. The molecule has 0 aromatic carbocycles. The van der Waals surface area contributed by atoms with Crippen molar-refractivity contribution in [1.82, 2.24) is 19.6 Å². The van der Waals surface area contributed by atoms with Crippen LogP contribution in [-0.2, 0) is 38.4 Å². The average molecular weight is 717 g/mol. The first-order chi connectivity index (χ1) is 18.4. The Morgan fingerprint density at radius 1 is 0.304 bits per heavy atom. The molecule has 0 spiro atoms. The van der Waals surface area contributed by atoms with E-state index < -0.39 is 100 Å². The minimum atomic E-state index is -1.23. The normalized spacial score (nSPS) is 9.30. The van der Waals surface area contributed by atoms with Gasteiger partial charge in [0.1, 0.15) is 0 Å². The summed E-state index contributed by atoms with van der Waals surface area (Å²) in [7, 11) is 0.